The molecule has 1 saturated heterocycles. The lowest BCUT2D eigenvalue weighted by Crippen LogP contribution is -2.43. The number of aromatic carboxylic acids is 1. The molecule has 1 fully saturated rings. The number of rotatable bonds is 4. The van der Waals surface area contributed by atoms with E-state index in [-0.39, 0.29) is 5.69 Å². The summed E-state index contributed by atoms with van der Waals surface area (Å²) < 4.78 is 1.61. The Labute approximate surface area is 135 Å². The second kappa shape index (κ2) is 6.52. The molecule has 0 atom stereocenters. The second-order valence-corrected chi connectivity index (χ2v) is 6.12. The first-order valence-corrected chi connectivity index (χ1v) is 7.80. The van der Waals surface area contributed by atoms with Gasteiger partial charge in [-0.2, -0.15) is 5.10 Å². The Balaban J connectivity index is 1.71. The van der Waals surface area contributed by atoms with E-state index in [1.165, 1.54) is 5.56 Å². The smallest absolute Gasteiger partial charge is 0.356 e. The SMILES string of the molecule is CN1CCN(Cc2ccc(-c3cc(C(=O)O)nn3C)cc2)CC1. The zero-order valence-electron chi connectivity index (χ0n) is 13.6. The number of aromatic nitrogens is 2. The highest BCUT2D eigenvalue weighted by Gasteiger charge is 2.15. The maximum absolute atomic E-state index is 11.0. The van der Waals surface area contributed by atoms with E-state index in [1.807, 2.05) is 12.1 Å². The summed E-state index contributed by atoms with van der Waals surface area (Å²) in [6, 6.07) is 9.90. The van der Waals surface area contributed by atoms with Gasteiger partial charge < -0.3 is 10.0 Å². The third-order valence-corrected chi connectivity index (χ3v) is 4.35. The van der Waals surface area contributed by atoms with Crippen LogP contribution in [0.25, 0.3) is 11.3 Å². The molecular weight excluding hydrogens is 292 g/mol. The maximum atomic E-state index is 11.0. The first kappa shape index (κ1) is 15.7. The van der Waals surface area contributed by atoms with Gasteiger partial charge in [0, 0.05) is 39.8 Å². The van der Waals surface area contributed by atoms with Crippen molar-refractivity contribution >= 4 is 5.97 Å². The lowest BCUT2D eigenvalue weighted by atomic mass is 10.1. The summed E-state index contributed by atoms with van der Waals surface area (Å²) in [7, 11) is 3.92. The molecule has 0 saturated carbocycles. The average Bonchev–Trinajstić information content (AvgIpc) is 2.93. The van der Waals surface area contributed by atoms with Crippen LogP contribution in [-0.2, 0) is 13.6 Å². The Kier molecular flexibility index (Phi) is 4.45. The molecule has 1 aliphatic rings. The molecule has 6 heteroatoms. The number of nitrogens with zero attached hydrogens (tertiary/aromatic N) is 4. The number of hydrogen-bond acceptors (Lipinski definition) is 4. The normalized spacial score (nSPS) is 16.6. The third kappa shape index (κ3) is 3.60. The number of likely N-dealkylation sites (N-methyl/N-ethyl adjacent to an activating group) is 1. The number of piperazine rings is 1. The zero-order chi connectivity index (χ0) is 16.4. The summed E-state index contributed by atoms with van der Waals surface area (Å²) in [5, 5.41) is 13.0. The minimum Gasteiger partial charge on any atom is -0.476 e. The molecule has 0 aliphatic carbocycles. The largest absolute Gasteiger partial charge is 0.476 e. The van der Waals surface area contributed by atoms with E-state index in [2.05, 4.69) is 34.1 Å². The van der Waals surface area contributed by atoms with Crippen molar-refractivity contribution in [2.24, 2.45) is 7.05 Å². The quantitative estimate of drug-likeness (QED) is 0.927. The van der Waals surface area contributed by atoms with E-state index in [1.54, 1.807) is 17.8 Å². The predicted octanol–water partition coefficient (Wildman–Crippen LogP) is 1.53. The van der Waals surface area contributed by atoms with Crippen LogP contribution in [-0.4, -0.2) is 63.9 Å². The molecule has 1 N–H and O–H groups in total. The Bertz CT molecular complexity index is 685. The van der Waals surface area contributed by atoms with Crippen LogP contribution in [0.3, 0.4) is 0 Å². The number of carboxylic acid groups (broad SMARTS) is 1. The van der Waals surface area contributed by atoms with Gasteiger partial charge in [-0.15, -0.1) is 0 Å². The molecule has 6 nitrogen and oxygen atoms in total. The van der Waals surface area contributed by atoms with Gasteiger partial charge in [0.2, 0.25) is 0 Å². The van der Waals surface area contributed by atoms with E-state index < -0.39 is 5.97 Å². The van der Waals surface area contributed by atoms with Crippen LogP contribution in [0.1, 0.15) is 16.1 Å². The van der Waals surface area contributed by atoms with Crippen LogP contribution in [0, 0.1) is 0 Å². The fourth-order valence-electron chi connectivity index (χ4n) is 2.89. The molecule has 3 rings (SSSR count). The molecule has 2 aromatic rings. The Morgan fingerprint density at radius 3 is 2.35 bits per heavy atom. The second-order valence-electron chi connectivity index (χ2n) is 6.12. The lowest BCUT2D eigenvalue weighted by Gasteiger charge is -2.32. The van der Waals surface area contributed by atoms with Crippen molar-refractivity contribution in [2.75, 3.05) is 33.2 Å². The van der Waals surface area contributed by atoms with Gasteiger partial charge in [0.05, 0.1) is 5.69 Å². The summed E-state index contributed by atoms with van der Waals surface area (Å²) >= 11 is 0. The van der Waals surface area contributed by atoms with Crippen LogP contribution in [0.4, 0.5) is 0 Å². The van der Waals surface area contributed by atoms with Gasteiger partial charge >= 0.3 is 5.97 Å². The van der Waals surface area contributed by atoms with Gasteiger partial charge in [0.25, 0.3) is 0 Å². The zero-order valence-corrected chi connectivity index (χ0v) is 13.6. The van der Waals surface area contributed by atoms with E-state index in [0.717, 1.165) is 44.0 Å². The summed E-state index contributed by atoms with van der Waals surface area (Å²) in [4.78, 5) is 15.8. The molecule has 0 spiro atoms. The number of aryl methyl sites for hydroxylation is 1. The fraction of sp³-hybridized carbons (Fsp3) is 0.412. The maximum Gasteiger partial charge on any atom is 0.356 e. The van der Waals surface area contributed by atoms with E-state index in [0.29, 0.717) is 0 Å². The summed E-state index contributed by atoms with van der Waals surface area (Å²) in [5.74, 6) is -1.00. The fourth-order valence-corrected chi connectivity index (χ4v) is 2.89. The molecule has 122 valence electrons. The lowest BCUT2D eigenvalue weighted by molar-refractivity contribution is 0.0689. The molecule has 0 radical (unpaired) electrons. The molecule has 0 bridgehead atoms. The van der Waals surface area contributed by atoms with Crippen molar-refractivity contribution in [3.05, 3.63) is 41.6 Å². The van der Waals surface area contributed by atoms with Crippen LogP contribution in [0.15, 0.2) is 30.3 Å². The van der Waals surface area contributed by atoms with E-state index in [9.17, 15) is 4.79 Å². The summed E-state index contributed by atoms with van der Waals surface area (Å²) in [6.07, 6.45) is 0. The topological polar surface area (TPSA) is 61.6 Å². The highest BCUT2D eigenvalue weighted by molar-refractivity contribution is 5.87. The van der Waals surface area contributed by atoms with Crippen LogP contribution in [0.2, 0.25) is 0 Å². The summed E-state index contributed by atoms with van der Waals surface area (Å²) in [6.45, 7) is 5.39. The van der Waals surface area contributed by atoms with E-state index in [4.69, 9.17) is 5.11 Å². The molecule has 1 aromatic carbocycles. The monoisotopic (exact) mass is 314 g/mol. The number of benzene rings is 1. The molecule has 0 unspecified atom stereocenters. The molecule has 23 heavy (non-hydrogen) atoms. The Morgan fingerprint density at radius 2 is 1.78 bits per heavy atom. The van der Waals surface area contributed by atoms with Crippen molar-refractivity contribution < 1.29 is 9.90 Å². The number of hydrogen-bond donors (Lipinski definition) is 1. The predicted molar refractivity (Wildman–Crippen MR) is 88.4 cm³/mol. The van der Waals surface area contributed by atoms with Crippen LogP contribution < -0.4 is 0 Å². The first-order valence-electron chi connectivity index (χ1n) is 7.80. The van der Waals surface area contributed by atoms with Gasteiger partial charge in [-0.05, 0) is 24.2 Å². The van der Waals surface area contributed by atoms with Gasteiger partial charge in [0.1, 0.15) is 0 Å². The molecule has 0 amide bonds. The minimum atomic E-state index is -1.00. The molecular formula is C17H22N4O2. The van der Waals surface area contributed by atoms with Gasteiger partial charge in [-0.1, -0.05) is 24.3 Å². The highest BCUT2D eigenvalue weighted by atomic mass is 16.4. The van der Waals surface area contributed by atoms with Gasteiger partial charge in [-0.25, -0.2) is 4.79 Å². The van der Waals surface area contributed by atoms with Crippen molar-refractivity contribution in [2.45, 2.75) is 6.54 Å². The van der Waals surface area contributed by atoms with E-state index >= 15 is 0 Å². The average molecular weight is 314 g/mol. The molecule has 2 heterocycles. The Morgan fingerprint density at radius 1 is 1.13 bits per heavy atom. The first-order chi connectivity index (χ1) is 11.0. The van der Waals surface area contributed by atoms with Crippen molar-refractivity contribution in [1.29, 1.82) is 0 Å². The molecule has 1 aromatic heterocycles. The minimum absolute atomic E-state index is 0.0732. The summed E-state index contributed by atoms with van der Waals surface area (Å²) in [5.41, 5.74) is 3.14. The Hall–Kier alpha value is -2.18. The third-order valence-electron chi connectivity index (χ3n) is 4.35. The van der Waals surface area contributed by atoms with Crippen molar-refractivity contribution in [3.8, 4) is 11.3 Å². The van der Waals surface area contributed by atoms with Gasteiger partial charge in [0.15, 0.2) is 5.69 Å². The van der Waals surface area contributed by atoms with Crippen molar-refractivity contribution in [3.63, 3.8) is 0 Å². The molecule has 1 aliphatic heterocycles. The number of carboxylic acids is 1. The van der Waals surface area contributed by atoms with Crippen LogP contribution in [0.5, 0.6) is 0 Å². The van der Waals surface area contributed by atoms with Crippen LogP contribution >= 0.6 is 0 Å². The van der Waals surface area contributed by atoms with Crippen molar-refractivity contribution in [1.82, 2.24) is 19.6 Å². The standard InChI is InChI=1S/C17H22N4O2/c1-19-7-9-21(10-8-19)12-13-3-5-14(6-4-13)16-11-15(17(22)23)18-20(16)2/h3-6,11H,7-10,12H2,1-2H3,(H,22,23). The number of carbonyl (C=O) groups is 1. The highest BCUT2D eigenvalue weighted by Crippen LogP contribution is 2.21. The van der Waals surface area contributed by atoms with Gasteiger partial charge in [-0.3, -0.25) is 9.58 Å².